The second kappa shape index (κ2) is 6.45. The molecular weight excluding hydrogens is 240 g/mol. The lowest BCUT2D eigenvalue weighted by molar-refractivity contribution is 0.0399. The highest BCUT2D eigenvalue weighted by atomic mass is 16.5. The number of ether oxygens (including phenoxy) is 1. The quantitative estimate of drug-likeness (QED) is 0.863. The van der Waals surface area contributed by atoms with E-state index in [1.54, 1.807) is 10.9 Å². The van der Waals surface area contributed by atoms with Crippen LogP contribution in [0.2, 0.25) is 0 Å². The number of para-hydroxylation sites is 1. The van der Waals surface area contributed by atoms with Crippen molar-refractivity contribution in [1.29, 1.82) is 0 Å². The van der Waals surface area contributed by atoms with Crippen LogP contribution in [0.1, 0.15) is 32.0 Å². The van der Waals surface area contributed by atoms with Gasteiger partial charge in [-0.2, -0.15) is 0 Å². The summed E-state index contributed by atoms with van der Waals surface area (Å²) >= 11 is 0. The predicted molar refractivity (Wildman–Crippen MR) is 74.0 cm³/mol. The van der Waals surface area contributed by atoms with Crippen molar-refractivity contribution in [2.24, 2.45) is 5.73 Å². The highest BCUT2D eigenvalue weighted by Crippen LogP contribution is 2.20. The van der Waals surface area contributed by atoms with Gasteiger partial charge in [0.05, 0.1) is 29.7 Å². The summed E-state index contributed by atoms with van der Waals surface area (Å²) < 4.78 is 7.44. The molecule has 0 saturated heterocycles. The smallest absolute Gasteiger partial charge is 0.0839 e. The molecule has 2 unspecified atom stereocenters. The maximum absolute atomic E-state index is 6.29. The van der Waals surface area contributed by atoms with E-state index in [0.717, 1.165) is 17.8 Å². The Balaban J connectivity index is 2.29. The van der Waals surface area contributed by atoms with Gasteiger partial charge in [-0.15, -0.1) is 5.10 Å². The standard InChI is InChI=1S/C14H20N4O/c1-3-13(19-4-2)14(15)12-10-16-17-18(12)11-8-6-5-7-9-11/h5-10,13-14H,3-4,15H2,1-2H3. The number of benzene rings is 1. The van der Waals surface area contributed by atoms with Gasteiger partial charge in [0.25, 0.3) is 0 Å². The molecule has 0 spiro atoms. The zero-order valence-electron chi connectivity index (χ0n) is 11.4. The predicted octanol–water partition coefficient (Wildman–Crippen LogP) is 2.08. The Morgan fingerprint density at radius 2 is 2.00 bits per heavy atom. The van der Waals surface area contributed by atoms with Crippen LogP contribution >= 0.6 is 0 Å². The van der Waals surface area contributed by atoms with Crippen LogP contribution in [-0.4, -0.2) is 27.7 Å². The van der Waals surface area contributed by atoms with Crippen molar-refractivity contribution in [2.75, 3.05) is 6.61 Å². The first-order valence-electron chi connectivity index (χ1n) is 6.61. The van der Waals surface area contributed by atoms with Crippen molar-refractivity contribution in [2.45, 2.75) is 32.4 Å². The Bertz CT molecular complexity index is 497. The molecule has 2 rings (SSSR count). The number of rotatable bonds is 6. The van der Waals surface area contributed by atoms with Gasteiger partial charge in [-0.3, -0.25) is 0 Å². The SMILES string of the molecule is CCOC(CC)C(N)c1cnnn1-c1ccccc1. The van der Waals surface area contributed by atoms with Gasteiger partial charge in [0.15, 0.2) is 0 Å². The largest absolute Gasteiger partial charge is 0.376 e. The van der Waals surface area contributed by atoms with Crippen molar-refractivity contribution in [3.63, 3.8) is 0 Å². The summed E-state index contributed by atoms with van der Waals surface area (Å²) in [6.45, 7) is 4.69. The van der Waals surface area contributed by atoms with Gasteiger partial charge in [0, 0.05) is 6.61 Å². The molecule has 5 nitrogen and oxygen atoms in total. The molecule has 2 atom stereocenters. The molecule has 1 heterocycles. The highest BCUT2D eigenvalue weighted by Gasteiger charge is 2.22. The second-order valence-electron chi connectivity index (χ2n) is 4.33. The van der Waals surface area contributed by atoms with E-state index in [-0.39, 0.29) is 12.1 Å². The zero-order valence-corrected chi connectivity index (χ0v) is 11.4. The Morgan fingerprint density at radius 1 is 1.26 bits per heavy atom. The first kappa shape index (κ1) is 13.7. The van der Waals surface area contributed by atoms with Crippen LogP contribution in [0, 0.1) is 0 Å². The average molecular weight is 260 g/mol. The first-order valence-corrected chi connectivity index (χ1v) is 6.61. The lowest BCUT2D eigenvalue weighted by Crippen LogP contribution is -2.30. The topological polar surface area (TPSA) is 66.0 Å². The van der Waals surface area contributed by atoms with E-state index in [1.165, 1.54) is 0 Å². The van der Waals surface area contributed by atoms with Gasteiger partial charge in [-0.1, -0.05) is 30.3 Å². The summed E-state index contributed by atoms with van der Waals surface area (Å²) in [7, 11) is 0. The molecule has 19 heavy (non-hydrogen) atoms. The maximum atomic E-state index is 6.29. The monoisotopic (exact) mass is 260 g/mol. The number of hydrogen-bond donors (Lipinski definition) is 1. The molecular formula is C14H20N4O. The average Bonchev–Trinajstić information content (AvgIpc) is 2.94. The molecule has 2 aromatic rings. The molecule has 1 aromatic carbocycles. The minimum Gasteiger partial charge on any atom is -0.376 e. The number of hydrogen-bond acceptors (Lipinski definition) is 4. The van der Waals surface area contributed by atoms with Gasteiger partial charge in [0.1, 0.15) is 0 Å². The molecule has 0 bridgehead atoms. The van der Waals surface area contributed by atoms with E-state index < -0.39 is 0 Å². The van der Waals surface area contributed by atoms with E-state index in [2.05, 4.69) is 17.2 Å². The van der Waals surface area contributed by atoms with Gasteiger partial charge in [0.2, 0.25) is 0 Å². The number of aromatic nitrogens is 3. The third kappa shape index (κ3) is 3.00. The molecule has 0 radical (unpaired) electrons. The summed E-state index contributed by atoms with van der Waals surface area (Å²) in [6.07, 6.45) is 2.54. The Hall–Kier alpha value is -1.72. The van der Waals surface area contributed by atoms with Crippen LogP contribution in [0.15, 0.2) is 36.5 Å². The second-order valence-corrected chi connectivity index (χ2v) is 4.33. The van der Waals surface area contributed by atoms with E-state index in [9.17, 15) is 0 Å². The molecule has 0 aliphatic heterocycles. The number of nitrogens with zero attached hydrogens (tertiary/aromatic N) is 3. The Labute approximate surface area is 113 Å². The van der Waals surface area contributed by atoms with E-state index in [4.69, 9.17) is 10.5 Å². The van der Waals surface area contributed by atoms with Crippen LogP contribution in [0.4, 0.5) is 0 Å². The van der Waals surface area contributed by atoms with Crippen molar-refractivity contribution in [1.82, 2.24) is 15.0 Å². The molecule has 102 valence electrons. The van der Waals surface area contributed by atoms with Crippen LogP contribution < -0.4 is 5.73 Å². The fourth-order valence-electron chi connectivity index (χ4n) is 2.12. The van der Waals surface area contributed by atoms with Gasteiger partial charge >= 0.3 is 0 Å². The van der Waals surface area contributed by atoms with Crippen LogP contribution in [0.3, 0.4) is 0 Å². The molecule has 5 heteroatoms. The van der Waals surface area contributed by atoms with E-state index in [1.807, 2.05) is 37.3 Å². The Kier molecular flexibility index (Phi) is 4.65. The molecule has 0 aliphatic rings. The molecule has 2 N–H and O–H groups in total. The van der Waals surface area contributed by atoms with Crippen LogP contribution in [0.5, 0.6) is 0 Å². The fourth-order valence-corrected chi connectivity index (χ4v) is 2.12. The molecule has 0 fully saturated rings. The molecule has 0 saturated carbocycles. The lowest BCUT2D eigenvalue weighted by atomic mass is 10.1. The maximum Gasteiger partial charge on any atom is 0.0839 e. The Morgan fingerprint density at radius 3 is 2.63 bits per heavy atom. The first-order chi connectivity index (χ1) is 9.27. The summed E-state index contributed by atoms with van der Waals surface area (Å²) in [5.41, 5.74) is 8.12. The van der Waals surface area contributed by atoms with Gasteiger partial charge in [-0.25, -0.2) is 4.68 Å². The van der Waals surface area contributed by atoms with Crippen molar-refractivity contribution < 1.29 is 4.74 Å². The lowest BCUT2D eigenvalue weighted by Gasteiger charge is -2.22. The van der Waals surface area contributed by atoms with Crippen LogP contribution in [-0.2, 0) is 4.74 Å². The van der Waals surface area contributed by atoms with E-state index in [0.29, 0.717) is 6.61 Å². The summed E-state index contributed by atoms with van der Waals surface area (Å²) in [6, 6.07) is 9.62. The fraction of sp³-hybridized carbons (Fsp3) is 0.429. The van der Waals surface area contributed by atoms with Crippen molar-refractivity contribution >= 4 is 0 Å². The molecule has 1 aromatic heterocycles. The van der Waals surface area contributed by atoms with Crippen molar-refractivity contribution in [3.8, 4) is 5.69 Å². The van der Waals surface area contributed by atoms with Crippen LogP contribution in [0.25, 0.3) is 5.69 Å². The summed E-state index contributed by atoms with van der Waals surface area (Å²) in [4.78, 5) is 0. The summed E-state index contributed by atoms with van der Waals surface area (Å²) in [5.74, 6) is 0. The third-order valence-electron chi connectivity index (χ3n) is 3.10. The number of nitrogens with two attached hydrogens (primary N) is 1. The van der Waals surface area contributed by atoms with Gasteiger partial charge in [-0.05, 0) is 25.5 Å². The normalized spacial score (nSPS) is 14.3. The van der Waals surface area contributed by atoms with Crippen molar-refractivity contribution in [3.05, 3.63) is 42.2 Å². The third-order valence-corrected chi connectivity index (χ3v) is 3.10. The van der Waals surface area contributed by atoms with E-state index >= 15 is 0 Å². The molecule has 0 aliphatic carbocycles. The zero-order chi connectivity index (χ0) is 13.7. The highest BCUT2D eigenvalue weighted by molar-refractivity contribution is 5.32. The molecule has 0 amide bonds. The minimum absolute atomic E-state index is 0.0223. The minimum atomic E-state index is -0.236. The summed E-state index contributed by atoms with van der Waals surface area (Å²) in [5, 5.41) is 8.09. The van der Waals surface area contributed by atoms with Gasteiger partial charge < -0.3 is 10.5 Å².